The molecular weight excluding hydrogens is 520 g/mol. The van der Waals surface area contributed by atoms with E-state index in [1.54, 1.807) is 19.1 Å². The summed E-state index contributed by atoms with van der Waals surface area (Å²) in [6.45, 7) is 5.41. The van der Waals surface area contributed by atoms with Crippen LogP contribution in [0.15, 0.2) is 60.7 Å². The molecule has 2 amide bonds. The highest BCUT2D eigenvalue weighted by atomic mass is 16.7. The SMILES string of the molecule is CON(C(=O)c1ccc(N/C(=C2\C(=O)Nc3cc(C(=O)O)c(C)cc32)c2ccccc2)cc1C)C1CCN(C)CC1. The number of carbonyl (C=O) groups excluding carboxylic acids is 2. The zero-order chi connectivity index (χ0) is 29.3. The number of benzene rings is 3. The molecule has 2 aliphatic rings. The van der Waals surface area contributed by atoms with Gasteiger partial charge in [-0.05, 0) is 93.8 Å². The van der Waals surface area contributed by atoms with Gasteiger partial charge in [0, 0.05) is 16.8 Å². The van der Waals surface area contributed by atoms with Gasteiger partial charge in [-0.1, -0.05) is 30.3 Å². The topological polar surface area (TPSA) is 111 Å². The van der Waals surface area contributed by atoms with Gasteiger partial charge >= 0.3 is 5.97 Å². The van der Waals surface area contributed by atoms with E-state index >= 15 is 0 Å². The maximum absolute atomic E-state index is 13.5. The molecule has 41 heavy (non-hydrogen) atoms. The van der Waals surface area contributed by atoms with Crippen LogP contribution in [0.4, 0.5) is 11.4 Å². The van der Waals surface area contributed by atoms with Crippen LogP contribution >= 0.6 is 0 Å². The maximum atomic E-state index is 13.5. The molecule has 212 valence electrons. The van der Waals surface area contributed by atoms with E-state index in [1.807, 2.05) is 49.4 Å². The summed E-state index contributed by atoms with van der Waals surface area (Å²) < 4.78 is 0. The van der Waals surface area contributed by atoms with Crippen LogP contribution in [0.25, 0.3) is 11.3 Å². The third-order valence-electron chi connectivity index (χ3n) is 7.79. The fourth-order valence-electron chi connectivity index (χ4n) is 5.56. The zero-order valence-electron chi connectivity index (χ0n) is 23.7. The Bertz CT molecular complexity index is 1540. The van der Waals surface area contributed by atoms with E-state index in [2.05, 4.69) is 22.6 Å². The summed E-state index contributed by atoms with van der Waals surface area (Å²) in [5.74, 6) is -1.56. The van der Waals surface area contributed by atoms with Crippen LogP contribution in [0.2, 0.25) is 0 Å². The Morgan fingerprint density at radius 1 is 1.00 bits per heavy atom. The van der Waals surface area contributed by atoms with Gasteiger partial charge in [-0.3, -0.25) is 14.4 Å². The third-order valence-corrected chi connectivity index (χ3v) is 7.79. The highest BCUT2D eigenvalue weighted by Gasteiger charge is 2.31. The molecule has 0 saturated carbocycles. The van der Waals surface area contributed by atoms with E-state index in [1.165, 1.54) is 18.2 Å². The molecule has 1 fully saturated rings. The van der Waals surface area contributed by atoms with Crippen molar-refractivity contribution in [1.82, 2.24) is 9.96 Å². The van der Waals surface area contributed by atoms with Crippen LogP contribution in [-0.2, 0) is 9.63 Å². The van der Waals surface area contributed by atoms with Crippen molar-refractivity contribution < 1.29 is 24.3 Å². The Hall–Kier alpha value is -4.47. The van der Waals surface area contributed by atoms with E-state index in [9.17, 15) is 19.5 Å². The number of piperidine rings is 1. The van der Waals surface area contributed by atoms with Crippen molar-refractivity contribution in [3.05, 3.63) is 94.0 Å². The molecule has 3 N–H and O–H groups in total. The molecule has 0 unspecified atom stereocenters. The molecule has 1 saturated heterocycles. The van der Waals surface area contributed by atoms with Gasteiger partial charge < -0.3 is 20.6 Å². The molecule has 0 atom stereocenters. The molecule has 3 aromatic carbocycles. The summed E-state index contributed by atoms with van der Waals surface area (Å²) in [4.78, 5) is 46.3. The highest BCUT2D eigenvalue weighted by molar-refractivity contribution is 6.37. The zero-order valence-corrected chi connectivity index (χ0v) is 23.7. The lowest BCUT2D eigenvalue weighted by Crippen LogP contribution is -2.46. The van der Waals surface area contributed by atoms with E-state index in [4.69, 9.17) is 4.84 Å². The summed E-state index contributed by atoms with van der Waals surface area (Å²) in [5.41, 5.74) is 5.57. The second kappa shape index (κ2) is 11.6. The smallest absolute Gasteiger partial charge is 0.336 e. The predicted octanol–water partition coefficient (Wildman–Crippen LogP) is 5.03. The Balaban J connectivity index is 1.51. The minimum Gasteiger partial charge on any atom is -0.478 e. The van der Waals surface area contributed by atoms with Gasteiger partial charge in [-0.25, -0.2) is 9.86 Å². The summed E-state index contributed by atoms with van der Waals surface area (Å²) >= 11 is 0. The third kappa shape index (κ3) is 5.59. The normalized spacial score (nSPS) is 16.6. The Morgan fingerprint density at radius 2 is 1.68 bits per heavy atom. The summed E-state index contributed by atoms with van der Waals surface area (Å²) in [5, 5.41) is 17.3. The molecule has 0 radical (unpaired) electrons. The second-order valence-corrected chi connectivity index (χ2v) is 10.6. The van der Waals surface area contributed by atoms with E-state index in [-0.39, 0.29) is 23.4 Å². The number of fused-ring (bicyclic) bond motifs is 1. The van der Waals surface area contributed by atoms with Gasteiger partial charge in [0.2, 0.25) is 0 Å². The second-order valence-electron chi connectivity index (χ2n) is 10.6. The number of anilines is 2. The maximum Gasteiger partial charge on any atom is 0.336 e. The fraction of sp³-hybridized carbons (Fsp3) is 0.281. The van der Waals surface area contributed by atoms with Crippen molar-refractivity contribution in [1.29, 1.82) is 0 Å². The van der Waals surface area contributed by atoms with Gasteiger partial charge in [0.1, 0.15) is 0 Å². The fourth-order valence-corrected chi connectivity index (χ4v) is 5.56. The van der Waals surface area contributed by atoms with Crippen molar-refractivity contribution in [3.8, 4) is 0 Å². The van der Waals surface area contributed by atoms with Crippen LogP contribution in [0.3, 0.4) is 0 Å². The molecule has 0 bridgehead atoms. The number of rotatable bonds is 7. The van der Waals surface area contributed by atoms with Crippen molar-refractivity contribution in [2.45, 2.75) is 32.7 Å². The van der Waals surface area contributed by atoms with Crippen molar-refractivity contribution in [2.24, 2.45) is 0 Å². The van der Waals surface area contributed by atoms with Crippen LogP contribution in [-0.4, -0.2) is 66.1 Å². The number of hydroxylamine groups is 2. The number of aryl methyl sites for hydroxylation is 2. The summed E-state index contributed by atoms with van der Waals surface area (Å²) in [6, 6.07) is 18.2. The first kappa shape index (κ1) is 28.1. The average Bonchev–Trinajstić information content (AvgIpc) is 3.27. The molecule has 5 rings (SSSR count). The van der Waals surface area contributed by atoms with E-state index in [0.717, 1.165) is 37.1 Å². The minimum atomic E-state index is -1.05. The predicted molar refractivity (Wildman–Crippen MR) is 159 cm³/mol. The number of nitrogens with one attached hydrogen (secondary N) is 2. The number of hydrogen-bond donors (Lipinski definition) is 3. The number of carboxylic acids is 1. The molecule has 9 nitrogen and oxygen atoms in total. The molecule has 0 spiro atoms. The van der Waals surface area contributed by atoms with Crippen molar-refractivity contribution in [3.63, 3.8) is 0 Å². The van der Waals surface area contributed by atoms with Gasteiger partial charge in [0.15, 0.2) is 0 Å². The number of amides is 2. The molecule has 2 heterocycles. The quantitative estimate of drug-likeness (QED) is 0.277. The lowest BCUT2D eigenvalue weighted by Gasteiger charge is -2.35. The molecule has 2 aliphatic heterocycles. The number of aromatic carboxylic acids is 1. The lowest BCUT2D eigenvalue weighted by atomic mass is 9.96. The number of carbonyl (C=O) groups is 3. The molecule has 9 heteroatoms. The molecule has 0 aromatic heterocycles. The highest BCUT2D eigenvalue weighted by Crippen LogP contribution is 2.39. The average molecular weight is 555 g/mol. The van der Waals surface area contributed by atoms with Crippen LogP contribution in [0, 0.1) is 13.8 Å². The Morgan fingerprint density at radius 3 is 2.32 bits per heavy atom. The van der Waals surface area contributed by atoms with Gasteiger partial charge in [0.05, 0.1) is 35.7 Å². The first-order valence-corrected chi connectivity index (χ1v) is 13.6. The van der Waals surface area contributed by atoms with Gasteiger partial charge in [-0.2, -0.15) is 0 Å². The largest absolute Gasteiger partial charge is 0.478 e. The van der Waals surface area contributed by atoms with Crippen LogP contribution in [0.1, 0.15) is 55.8 Å². The number of nitrogens with zero attached hydrogens (tertiary/aromatic N) is 2. The van der Waals surface area contributed by atoms with Gasteiger partial charge in [0.25, 0.3) is 11.8 Å². The standard InChI is InChI=1S/C32H34N4O5/c1-19-16-22(10-11-24(19)31(38)36(41-4)23-12-14-35(3)15-13-23)33-29(21-8-6-5-7-9-21)28-26-17-20(2)25(32(39)40)18-27(26)34-30(28)37/h5-11,16-18,23,33H,12-15H2,1-4H3,(H,34,37)(H,39,40)/b29-28-. The Labute approximate surface area is 239 Å². The van der Waals surface area contributed by atoms with Crippen molar-refractivity contribution >= 4 is 40.4 Å². The monoisotopic (exact) mass is 554 g/mol. The van der Waals surface area contributed by atoms with Crippen LogP contribution < -0.4 is 10.6 Å². The van der Waals surface area contributed by atoms with Gasteiger partial charge in [-0.15, -0.1) is 0 Å². The Kier molecular flexibility index (Phi) is 7.92. The lowest BCUT2D eigenvalue weighted by molar-refractivity contribution is -0.132. The first-order valence-electron chi connectivity index (χ1n) is 13.6. The van der Waals surface area contributed by atoms with Crippen molar-refractivity contribution in [2.75, 3.05) is 37.9 Å². The van der Waals surface area contributed by atoms with E-state index < -0.39 is 5.97 Å². The number of hydrogen-bond acceptors (Lipinski definition) is 6. The molecule has 0 aliphatic carbocycles. The summed E-state index contributed by atoms with van der Waals surface area (Å²) in [7, 11) is 3.61. The molecule has 3 aromatic rings. The summed E-state index contributed by atoms with van der Waals surface area (Å²) in [6.07, 6.45) is 1.69. The number of carboxylic acid groups (broad SMARTS) is 1. The first-order chi connectivity index (χ1) is 19.7. The number of likely N-dealkylation sites (tertiary alicyclic amines) is 1. The molecular formula is C32H34N4O5. The minimum absolute atomic E-state index is 0.0152. The van der Waals surface area contributed by atoms with Crippen LogP contribution in [0.5, 0.6) is 0 Å². The van der Waals surface area contributed by atoms with E-state index in [0.29, 0.717) is 39.3 Å².